The van der Waals surface area contributed by atoms with Gasteiger partial charge in [0.1, 0.15) is 5.76 Å². The first-order valence-electron chi connectivity index (χ1n) is 7.11. The second-order valence-corrected chi connectivity index (χ2v) is 5.82. The fourth-order valence-electron chi connectivity index (χ4n) is 2.08. The highest BCUT2D eigenvalue weighted by Crippen LogP contribution is 2.32. The summed E-state index contributed by atoms with van der Waals surface area (Å²) in [5.41, 5.74) is 0.716. The topological polar surface area (TPSA) is 60.7 Å². The lowest BCUT2D eigenvalue weighted by molar-refractivity contribution is -0.113. The van der Waals surface area contributed by atoms with Crippen LogP contribution in [0.4, 0.5) is 5.69 Å². The summed E-state index contributed by atoms with van der Waals surface area (Å²) in [7, 11) is 0. The number of benzene rings is 1. The Balaban J connectivity index is 1.51. The van der Waals surface area contributed by atoms with Gasteiger partial charge in [-0.25, -0.2) is 0 Å². The maximum absolute atomic E-state index is 11.9. The van der Waals surface area contributed by atoms with Crippen LogP contribution in [-0.4, -0.2) is 24.9 Å². The van der Waals surface area contributed by atoms with E-state index in [1.165, 1.54) is 11.8 Å². The summed E-state index contributed by atoms with van der Waals surface area (Å²) >= 11 is 1.51. The van der Waals surface area contributed by atoms with Crippen LogP contribution >= 0.6 is 11.8 Å². The fourth-order valence-corrected chi connectivity index (χ4v) is 2.80. The van der Waals surface area contributed by atoms with Crippen LogP contribution in [0.3, 0.4) is 0 Å². The molecule has 1 aromatic heterocycles. The molecule has 2 aromatic rings. The van der Waals surface area contributed by atoms with Crippen molar-refractivity contribution in [3.63, 3.8) is 0 Å². The fraction of sp³-hybridized carbons (Fsp3) is 0.312. The highest BCUT2D eigenvalue weighted by molar-refractivity contribution is 7.99. The Kier molecular flexibility index (Phi) is 4.90. The third kappa shape index (κ3) is 3.98. The van der Waals surface area contributed by atoms with Crippen LogP contribution < -0.4 is 14.8 Å². The number of amides is 1. The molecule has 0 spiro atoms. The molecule has 1 aliphatic heterocycles. The van der Waals surface area contributed by atoms with Gasteiger partial charge in [0.15, 0.2) is 11.5 Å². The molecular formula is C16H17NO4S. The molecule has 0 fully saturated rings. The number of hydrogen-bond donors (Lipinski definition) is 1. The van der Waals surface area contributed by atoms with Gasteiger partial charge in [-0.2, -0.15) is 0 Å². The number of furan rings is 1. The first-order chi connectivity index (χ1) is 10.8. The predicted molar refractivity (Wildman–Crippen MR) is 85.5 cm³/mol. The van der Waals surface area contributed by atoms with Crippen molar-refractivity contribution in [2.45, 2.75) is 12.2 Å². The smallest absolute Gasteiger partial charge is 0.234 e. The Morgan fingerprint density at radius 1 is 1.18 bits per heavy atom. The summed E-state index contributed by atoms with van der Waals surface area (Å²) in [6.45, 7) is 1.28. The van der Waals surface area contributed by atoms with Crippen molar-refractivity contribution in [3.05, 3.63) is 42.4 Å². The monoisotopic (exact) mass is 319 g/mol. The third-order valence-electron chi connectivity index (χ3n) is 3.09. The zero-order valence-electron chi connectivity index (χ0n) is 12.0. The molecule has 0 aliphatic carbocycles. The summed E-state index contributed by atoms with van der Waals surface area (Å²) < 4.78 is 16.4. The van der Waals surface area contributed by atoms with Crippen molar-refractivity contribution in [1.29, 1.82) is 0 Å². The molecule has 116 valence electrons. The van der Waals surface area contributed by atoms with Crippen molar-refractivity contribution < 1.29 is 18.7 Å². The number of hydrogen-bond acceptors (Lipinski definition) is 5. The minimum Gasteiger partial charge on any atom is -0.490 e. The molecule has 1 amide bonds. The van der Waals surface area contributed by atoms with E-state index >= 15 is 0 Å². The van der Waals surface area contributed by atoms with E-state index < -0.39 is 0 Å². The molecular weight excluding hydrogens is 302 g/mol. The normalized spacial score (nSPS) is 13.5. The number of carbonyl (C=O) groups excluding carboxylic acids is 1. The summed E-state index contributed by atoms with van der Waals surface area (Å²) in [6.07, 6.45) is 2.49. The predicted octanol–water partition coefficient (Wildman–Crippen LogP) is 3.31. The minimum atomic E-state index is -0.0500. The molecule has 0 unspecified atom stereocenters. The summed E-state index contributed by atoms with van der Waals surface area (Å²) in [5.74, 6) is 3.28. The molecule has 2 heterocycles. The first kappa shape index (κ1) is 14.8. The zero-order valence-corrected chi connectivity index (χ0v) is 12.9. The van der Waals surface area contributed by atoms with Crippen molar-refractivity contribution in [2.75, 3.05) is 24.3 Å². The molecule has 0 bridgehead atoms. The second kappa shape index (κ2) is 7.26. The van der Waals surface area contributed by atoms with E-state index in [9.17, 15) is 4.79 Å². The highest BCUT2D eigenvalue weighted by atomic mass is 32.2. The summed E-state index contributed by atoms with van der Waals surface area (Å²) in [5, 5.41) is 2.87. The Bertz CT molecular complexity index is 627. The SMILES string of the molecule is O=C(CSCc1ccco1)Nc1ccc2c(c1)OCCCO2. The van der Waals surface area contributed by atoms with Crippen LogP contribution in [-0.2, 0) is 10.5 Å². The van der Waals surface area contributed by atoms with Gasteiger partial charge in [-0.1, -0.05) is 0 Å². The van der Waals surface area contributed by atoms with Gasteiger partial charge in [0.05, 0.1) is 31.0 Å². The van der Waals surface area contributed by atoms with Gasteiger partial charge in [0.25, 0.3) is 0 Å². The van der Waals surface area contributed by atoms with Gasteiger partial charge in [-0.3, -0.25) is 4.79 Å². The Morgan fingerprint density at radius 3 is 2.86 bits per heavy atom. The van der Waals surface area contributed by atoms with Crippen molar-refractivity contribution in [2.24, 2.45) is 0 Å². The molecule has 0 radical (unpaired) electrons. The van der Waals surface area contributed by atoms with Gasteiger partial charge in [-0.15, -0.1) is 11.8 Å². The van der Waals surface area contributed by atoms with E-state index in [4.69, 9.17) is 13.9 Å². The number of rotatable bonds is 5. The quantitative estimate of drug-likeness (QED) is 0.916. The Labute approximate surface area is 133 Å². The molecule has 0 saturated carbocycles. The molecule has 0 saturated heterocycles. The van der Waals surface area contributed by atoms with Crippen LogP contribution in [0.2, 0.25) is 0 Å². The average Bonchev–Trinajstić information content (AvgIpc) is 2.91. The van der Waals surface area contributed by atoms with Crippen LogP contribution in [0, 0.1) is 0 Å². The second-order valence-electron chi connectivity index (χ2n) is 4.83. The van der Waals surface area contributed by atoms with E-state index in [0.717, 1.165) is 17.9 Å². The lowest BCUT2D eigenvalue weighted by Gasteiger charge is -2.10. The minimum absolute atomic E-state index is 0.0500. The van der Waals surface area contributed by atoms with Gasteiger partial charge in [0, 0.05) is 18.2 Å². The lowest BCUT2D eigenvalue weighted by Crippen LogP contribution is -2.14. The number of thioether (sulfide) groups is 1. The van der Waals surface area contributed by atoms with Crippen LogP contribution in [0.15, 0.2) is 41.0 Å². The third-order valence-corrected chi connectivity index (χ3v) is 4.04. The number of fused-ring (bicyclic) bond motifs is 1. The van der Waals surface area contributed by atoms with Gasteiger partial charge >= 0.3 is 0 Å². The van der Waals surface area contributed by atoms with Gasteiger partial charge in [-0.05, 0) is 24.3 Å². The highest BCUT2D eigenvalue weighted by Gasteiger charge is 2.12. The summed E-state index contributed by atoms with van der Waals surface area (Å²) in [6, 6.07) is 9.19. The largest absolute Gasteiger partial charge is 0.490 e. The van der Waals surface area contributed by atoms with Crippen LogP contribution in [0.1, 0.15) is 12.2 Å². The average molecular weight is 319 g/mol. The molecule has 1 aliphatic rings. The van der Waals surface area contributed by atoms with Crippen LogP contribution in [0.5, 0.6) is 11.5 Å². The van der Waals surface area contributed by atoms with E-state index in [1.54, 1.807) is 12.3 Å². The number of nitrogens with one attached hydrogen (secondary N) is 1. The molecule has 1 aromatic carbocycles. The number of ether oxygens (including phenoxy) is 2. The van der Waals surface area contributed by atoms with Gasteiger partial charge < -0.3 is 19.2 Å². The maximum Gasteiger partial charge on any atom is 0.234 e. The molecule has 6 heteroatoms. The maximum atomic E-state index is 11.9. The van der Waals surface area contributed by atoms with Crippen molar-refractivity contribution >= 4 is 23.4 Å². The van der Waals surface area contributed by atoms with E-state index in [0.29, 0.717) is 36.2 Å². The van der Waals surface area contributed by atoms with Crippen molar-refractivity contribution in [1.82, 2.24) is 0 Å². The Morgan fingerprint density at radius 2 is 2.05 bits per heavy atom. The van der Waals surface area contributed by atoms with Crippen molar-refractivity contribution in [3.8, 4) is 11.5 Å². The van der Waals surface area contributed by atoms with E-state index in [1.807, 2.05) is 24.3 Å². The standard InChI is InChI=1S/C16H17NO4S/c18-16(11-22-10-13-3-1-6-19-13)17-12-4-5-14-15(9-12)21-8-2-7-20-14/h1,3-6,9H,2,7-8,10-11H2,(H,17,18). The summed E-state index contributed by atoms with van der Waals surface area (Å²) in [4.78, 5) is 11.9. The first-order valence-corrected chi connectivity index (χ1v) is 8.26. The van der Waals surface area contributed by atoms with E-state index in [2.05, 4.69) is 5.32 Å². The molecule has 3 rings (SSSR count). The number of anilines is 1. The van der Waals surface area contributed by atoms with Crippen LogP contribution in [0.25, 0.3) is 0 Å². The molecule has 22 heavy (non-hydrogen) atoms. The number of carbonyl (C=O) groups is 1. The molecule has 5 nitrogen and oxygen atoms in total. The molecule has 1 N–H and O–H groups in total. The van der Waals surface area contributed by atoms with E-state index in [-0.39, 0.29) is 5.91 Å². The lowest BCUT2D eigenvalue weighted by atomic mass is 10.2. The molecule has 0 atom stereocenters. The van der Waals surface area contributed by atoms with Gasteiger partial charge in [0.2, 0.25) is 5.91 Å². The Hall–Kier alpha value is -2.08. The zero-order chi connectivity index (χ0) is 15.2.